The predicted octanol–water partition coefficient (Wildman–Crippen LogP) is 4.88. The van der Waals surface area contributed by atoms with Gasteiger partial charge < -0.3 is 4.90 Å². The summed E-state index contributed by atoms with van der Waals surface area (Å²) < 4.78 is 0. The third kappa shape index (κ3) is 3.37. The third-order valence-electron chi connectivity index (χ3n) is 4.08. The Morgan fingerprint density at radius 1 is 0.864 bits per heavy atom. The SMILES string of the molecule is CN(C)CC1=C(c2ccccc2)/C(=C\c2ccccc2)CC1. The third-order valence-corrected chi connectivity index (χ3v) is 4.08. The van der Waals surface area contributed by atoms with E-state index in [0.29, 0.717) is 0 Å². The van der Waals surface area contributed by atoms with Crippen molar-refractivity contribution in [3.8, 4) is 0 Å². The highest BCUT2D eigenvalue weighted by Gasteiger charge is 2.21. The zero-order valence-corrected chi connectivity index (χ0v) is 13.4. The Labute approximate surface area is 133 Å². The van der Waals surface area contributed by atoms with Crippen LogP contribution in [-0.2, 0) is 0 Å². The van der Waals surface area contributed by atoms with Crippen LogP contribution in [0.15, 0.2) is 71.8 Å². The molecule has 0 N–H and O–H groups in total. The Morgan fingerprint density at radius 2 is 1.50 bits per heavy atom. The van der Waals surface area contributed by atoms with Crippen molar-refractivity contribution in [2.24, 2.45) is 0 Å². The number of rotatable bonds is 4. The molecule has 1 heteroatoms. The molecule has 0 aliphatic heterocycles. The van der Waals surface area contributed by atoms with Crippen molar-refractivity contribution in [1.29, 1.82) is 0 Å². The first-order chi connectivity index (χ1) is 10.7. The Kier molecular flexibility index (Phi) is 4.55. The first-order valence-corrected chi connectivity index (χ1v) is 7.92. The number of allylic oxidation sites excluding steroid dienone is 2. The van der Waals surface area contributed by atoms with Crippen LogP contribution < -0.4 is 0 Å². The summed E-state index contributed by atoms with van der Waals surface area (Å²) in [5, 5.41) is 0. The van der Waals surface area contributed by atoms with E-state index in [1.807, 2.05) is 0 Å². The van der Waals surface area contributed by atoms with E-state index in [0.717, 1.165) is 13.0 Å². The van der Waals surface area contributed by atoms with Crippen LogP contribution in [0.25, 0.3) is 11.6 Å². The maximum atomic E-state index is 2.35. The van der Waals surface area contributed by atoms with Gasteiger partial charge in [-0.3, -0.25) is 0 Å². The normalized spacial score (nSPS) is 16.8. The second kappa shape index (κ2) is 6.76. The van der Waals surface area contributed by atoms with E-state index in [1.54, 1.807) is 5.57 Å². The molecule has 0 atom stereocenters. The van der Waals surface area contributed by atoms with Crippen LogP contribution in [0.4, 0.5) is 0 Å². The molecule has 3 rings (SSSR count). The van der Waals surface area contributed by atoms with Gasteiger partial charge in [-0.25, -0.2) is 0 Å². The summed E-state index contributed by atoms with van der Waals surface area (Å²) in [5.41, 5.74) is 7.11. The summed E-state index contributed by atoms with van der Waals surface area (Å²) in [6, 6.07) is 21.5. The predicted molar refractivity (Wildman–Crippen MR) is 95.6 cm³/mol. The number of nitrogens with zero attached hydrogens (tertiary/aromatic N) is 1. The van der Waals surface area contributed by atoms with Crippen molar-refractivity contribution < 1.29 is 0 Å². The lowest BCUT2D eigenvalue weighted by atomic mass is 9.96. The number of hydrogen-bond acceptors (Lipinski definition) is 1. The van der Waals surface area contributed by atoms with Gasteiger partial charge in [0.2, 0.25) is 0 Å². The van der Waals surface area contributed by atoms with E-state index in [9.17, 15) is 0 Å². The van der Waals surface area contributed by atoms with Gasteiger partial charge in [-0.05, 0) is 54.8 Å². The summed E-state index contributed by atoms with van der Waals surface area (Å²) in [5.74, 6) is 0. The minimum absolute atomic E-state index is 1.04. The largest absolute Gasteiger partial charge is 0.305 e. The van der Waals surface area contributed by atoms with Gasteiger partial charge in [-0.1, -0.05) is 66.7 Å². The minimum atomic E-state index is 1.04. The molecule has 2 aromatic rings. The quantitative estimate of drug-likeness (QED) is 0.775. The van der Waals surface area contributed by atoms with Crippen molar-refractivity contribution in [2.45, 2.75) is 12.8 Å². The van der Waals surface area contributed by atoms with Gasteiger partial charge in [-0.15, -0.1) is 0 Å². The summed E-state index contributed by atoms with van der Waals surface area (Å²) in [4.78, 5) is 2.27. The van der Waals surface area contributed by atoms with Crippen LogP contribution >= 0.6 is 0 Å². The second-order valence-corrected chi connectivity index (χ2v) is 6.16. The van der Waals surface area contributed by atoms with Gasteiger partial charge in [-0.2, -0.15) is 0 Å². The molecule has 1 aliphatic carbocycles. The fourth-order valence-corrected chi connectivity index (χ4v) is 3.19. The van der Waals surface area contributed by atoms with Gasteiger partial charge in [0.25, 0.3) is 0 Å². The fraction of sp³-hybridized carbons (Fsp3) is 0.238. The molecule has 0 unspecified atom stereocenters. The summed E-state index contributed by atoms with van der Waals surface area (Å²) in [7, 11) is 4.29. The van der Waals surface area contributed by atoms with E-state index < -0.39 is 0 Å². The van der Waals surface area contributed by atoms with Crippen molar-refractivity contribution in [2.75, 3.05) is 20.6 Å². The van der Waals surface area contributed by atoms with Crippen molar-refractivity contribution in [3.63, 3.8) is 0 Å². The highest BCUT2D eigenvalue weighted by atomic mass is 15.0. The number of benzene rings is 2. The van der Waals surface area contributed by atoms with Gasteiger partial charge in [0.05, 0.1) is 0 Å². The molecule has 0 bridgehead atoms. The maximum Gasteiger partial charge on any atom is 0.0196 e. The fourth-order valence-electron chi connectivity index (χ4n) is 3.19. The molecule has 0 aromatic heterocycles. The van der Waals surface area contributed by atoms with Crippen LogP contribution in [0.3, 0.4) is 0 Å². The minimum Gasteiger partial charge on any atom is -0.305 e. The average Bonchev–Trinajstić information content (AvgIpc) is 2.91. The van der Waals surface area contributed by atoms with Crippen LogP contribution in [0, 0.1) is 0 Å². The molecule has 112 valence electrons. The summed E-state index contributed by atoms with van der Waals surface area (Å²) >= 11 is 0. The summed E-state index contributed by atoms with van der Waals surface area (Å²) in [6.45, 7) is 1.04. The highest BCUT2D eigenvalue weighted by Crippen LogP contribution is 2.39. The molecule has 0 amide bonds. The van der Waals surface area contributed by atoms with Crippen LogP contribution in [0.5, 0.6) is 0 Å². The second-order valence-electron chi connectivity index (χ2n) is 6.16. The molecule has 0 saturated carbocycles. The lowest BCUT2D eigenvalue weighted by molar-refractivity contribution is 0.442. The molecular weight excluding hydrogens is 266 g/mol. The Hall–Kier alpha value is -2.12. The van der Waals surface area contributed by atoms with E-state index in [-0.39, 0.29) is 0 Å². The lowest BCUT2D eigenvalue weighted by Crippen LogP contribution is -2.14. The van der Waals surface area contributed by atoms with E-state index in [4.69, 9.17) is 0 Å². The Morgan fingerprint density at radius 3 is 2.14 bits per heavy atom. The van der Waals surface area contributed by atoms with Crippen LogP contribution in [0.1, 0.15) is 24.0 Å². The molecular formula is C21H23N. The molecule has 1 aliphatic rings. The topological polar surface area (TPSA) is 3.24 Å². The van der Waals surface area contributed by atoms with Crippen molar-refractivity contribution >= 4 is 11.6 Å². The molecule has 0 fully saturated rings. The number of hydrogen-bond donors (Lipinski definition) is 0. The monoisotopic (exact) mass is 289 g/mol. The molecule has 22 heavy (non-hydrogen) atoms. The van der Waals surface area contributed by atoms with Gasteiger partial charge in [0.15, 0.2) is 0 Å². The molecule has 1 nitrogen and oxygen atoms in total. The lowest BCUT2D eigenvalue weighted by Gasteiger charge is -2.14. The standard InChI is InChI=1S/C21H23N/c1-22(2)16-20-14-13-19(15-17-9-5-3-6-10-17)21(20)18-11-7-4-8-12-18/h3-12,15H,13-14,16H2,1-2H3/b19-15-. The molecule has 0 saturated heterocycles. The molecule has 2 aromatic carbocycles. The zero-order valence-electron chi connectivity index (χ0n) is 13.4. The Bertz CT molecular complexity index is 678. The maximum absolute atomic E-state index is 2.35. The van der Waals surface area contributed by atoms with Crippen molar-refractivity contribution in [1.82, 2.24) is 4.90 Å². The highest BCUT2D eigenvalue weighted by molar-refractivity contribution is 5.88. The zero-order chi connectivity index (χ0) is 15.4. The van der Waals surface area contributed by atoms with Crippen molar-refractivity contribution in [3.05, 3.63) is 82.9 Å². The number of likely N-dealkylation sites (N-methyl/N-ethyl adjacent to an activating group) is 1. The molecule has 0 spiro atoms. The smallest absolute Gasteiger partial charge is 0.0196 e. The first-order valence-electron chi connectivity index (χ1n) is 7.92. The van der Waals surface area contributed by atoms with Gasteiger partial charge >= 0.3 is 0 Å². The van der Waals surface area contributed by atoms with Crippen LogP contribution in [-0.4, -0.2) is 25.5 Å². The van der Waals surface area contributed by atoms with E-state index >= 15 is 0 Å². The van der Waals surface area contributed by atoms with E-state index in [2.05, 4.69) is 85.7 Å². The molecule has 0 radical (unpaired) electrons. The molecule has 0 heterocycles. The van der Waals surface area contributed by atoms with Gasteiger partial charge in [0, 0.05) is 6.54 Å². The van der Waals surface area contributed by atoms with Gasteiger partial charge in [0.1, 0.15) is 0 Å². The van der Waals surface area contributed by atoms with Crippen LogP contribution in [0.2, 0.25) is 0 Å². The summed E-state index contributed by atoms with van der Waals surface area (Å²) in [6.07, 6.45) is 4.66. The average molecular weight is 289 g/mol. The first kappa shape index (κ1) is 14.8. The Balaban J connectivity index is 2.04. The van der Waals surface area contributed by atoms with E-state index in [1.165, 1.54) is 28.7 Å².